The van der Waals surface area contributed by atoms with Crippen LogP contribution in [0.2, 0.25) is 0 Å². The highest BCUT2D eigenvalue weighted by molar-refractivity contribution is 5.75. The number of hydrogen-bond acceptors (Lipinski definition) is 2. The molecule has 0 aliphatic rings. The summed E-state index contributed by atoms with van der Waals surface area (Å²) >= 11 is 0. The van der Waals surface area contributed by atoms with Crippen LogP contribution in [0.3, 0.4) is 0 Å². The minimum Gasteiger partial charge on any atom is -0.300 e. The van der Waals surface area contributed by atoms with Crippen LogP contribution in [0.4, 0.5) is 0 Å². The van der Waals surface area contributed by atoms with Crippen molar-refractivity contribution in [2.75, 3.05) is 0 Å². The molecule has 1 heterocycles. The average molecular weight is 176 g/mol. The zero-order chi connectivity index (χ0) is 9.68. The van der Waals surface area contributed by atoms with Gasteiger partial charge in [-0.2, -0.15) is 5.10 Å². The number of terminal acetylenes is 1. The number of aromatic nitrogens is 2. The molecule has 1 aromatic heterocycles. The van der Waals surface area contributed by atoms with Gasteiger partial charge in [-0.05, 0) is 13.3 Å². The van der Waals surface area contributed by atoms with E-state index in [4.69, 9.17) is 6.42 Å². The van der Waals surface area contributed by atoms with Crippen molar-refractivity contribution < 1.29 is 4.79 Å². The Kier molecular flexibility index (Phi) is 3.27. The zero-order valence-electron chi connectivity index (χ0n) is 7.66. The van der Waals surface area contributed by atoms with Crippen LogP contribution in [-0.2, 0) is 11.3 Å². The van der Waals surface area contributed by atoms with Crippen LogP contribution in [0.15, 0.2) is 12.4 Å². The van der Waals surface area contributed by atoms with Gasteiger partial charge in [-0.1, -0.05) is 5.92 Å². The molecule has 68 valence electrons. The molecular formula is C10H12N2O. The van der Waals surface area contributed by atoms with Gasteiger partial charge in [-0.15, -0.1) is 6.42 Å². The van der Waals surface area contributed by atoms with Crippen LogP contribution in [0.25, 0.3) is 0 Å². The van der Waals surface area contributed by atoms with E-state index in [0.29, 0.717) is 6.42 Å². The first-order valence-electron chi connectivity index (χ1n) is 4.21. The van der Waals surface area contributed by atoms with Crippen molar-refractivity contribution >= 4 is 5.78 Å². The molecule has 0 N–H and O–H groups in total. The molecule has 0 amide bonds. The zero-order valence-corrected chi connectivity index (χ0v) is 7.66. The molecule has 0 aliphatic heterocycles. The number of rotatable bonds is 4. The summed E-state index contributed by atoms with van der Waals surface area (Å²) in [5.74, 6) is 2.71. The van der Waals surface area contributed by atoms with Crippen molar-refractivity contribution in [3.63, 3.8) is 0 Å². The second-order valence-corrected chi connectivity index (χ2v) is 2.94. The lowest BCUT2D eigenvalue weighted by Gasteiger charge is -1.97. The Morgan fingerprint density at radius 2 is 2.54 bits per heavy atom. The first-order chi connectivity index (χ1) is 6.22. The summed E-state index contributed by atoms with van der Waals surface area (Å²) in [5.41, 5.74) is 0.780. The lowest BCUT2D eigenvalue weighted by Crippen LogP contribution is -2.00. The average Bonchev–Trinajstić information content (AvgIpc) is 2.52. The Morgan fingerprint density at radius 3 is 3.08 bits per heavy atom. The minimum atomic E-state index is 0.212. The summed E-state index contributed by atoms with van der Waals surface area (Å²) in [6, 6.07) is 0. The number of Topliss-reactive ketones (excluding diaryl/α,β-unsaturated/α-hetero) is 1. The van der Waals surface area contributed by atoms with E-state index < -0.39 is 0 Å². The fraction of sp³-hybridized carbons (Fsp3) is 0.400. The van der Waals surface area contributed by atoms with E-state index in [0.717, 1.165) is 18.5 Å². The van der Waals surface area contributed by atoms with Gasteiger partial charge >= 0.3 is 0 Å². The number of hydrogen-bond donors (Lipinski definition) is 0. The maximum atomic E-state index is 10.6. The molecule has 0 radical (unpaired) electrons. The van der Waals surface area contributed by atoms with Crippen molar-refractivity contribution in [1.82, 2.24) is 9.78 Å². The molecule has 0 unspecified atom stereocenters. The van der Waals surface area contributed by atoms with Crippen molar-refractivity contribution in [2.45, 2.75) is 26.3 Å². The third kappa shape index (κ3) is 3.12. The summed E-state index contributed by atoms with van der Waals surface area (Å²) in [6.07, 6.45) is 10.1. The molecule has 0 bridgehead atoms. The molecule has 1 rings (SSSR count). The molecule has 0 fully saturated rings. The second-order valence-electron chi connectivity index (χ2n) is 2.94. The van der Waals surface area contributed by atoms with Crippen LogP contribution in [0, 0.1) is 12.3 Å². The Morgan fingerprint density at radius 1 is 1.77 bits per heavy atom. The van der Waals surface area contributed by atoms with Crippen molar-refractivity contribution in [1.29, 1.82) is 0 Å². The SMILES string of the molecule is C#Cc1cnn(CCCC(C)=O)c1. The predicted octanol–water partition coefficient (Wildman–Crippen LogP) is 1.23. The molecular weight excluding hydrogens is 164 g/mol. The van der Waals surface area contributed by atoms with Gasteiger partial charge in [0.2, 0.25) is 0 Å². The lowest BCUT2D eigenvalue weighted by atomic mass is 10.2. The summed E-state index contributed by atoms with van der Waals surface area (Å²) < 4.78 is 1.76. The largest absolute Gasteiger partial charge is 0.300 e. The Bertz CT molecular complexity index is 333. The van der Waals surface area contributed by atoms with Crippen molar-refractivity contribution in [2.24, 2.45) is 0 Å². The summed E-state index contributed by atoms with van der Waals surface area (Å²) in [6.45, 7) is 2.34. The molecule has 3 heteroatoms. The highest BCUT2D eigenvalue weighted by Gasteiger charge is 1.97. The Hall–Kier alpha value is -1.56. The summed E-state index contributed by atoms with van der Waals surface area (Å²) in [7, 11) is 0. The van der Waals surface area contributed by atoms with E-state index in [-0.39, 0.29) is 5.78 Å². The van der Waals surface area contributed by atoms with E-state index in [9.17, 15) is 4.79 Å². The third-order valence-corrected chi connectivity index (χ3v) is 1.72. The van der Waals surface area contributed by atoms with Gasteiger partial charge in [0.25, 0.3) is 0 Å². The lowest BCUT2D eigenvalue weighted by molar-refractivity contribution is -0.117. The van der Waals surface area contributed by atoms with E-state index in [1.165, 1.54) is 0 Å². The van der Waals surface area contributed by atoms with Gasteiger partial charge in [-0.25, -0.2) is 0 Å². The number of nitrogens with zero attached hydrogens (tertiary/aromatic N) is 2. The predicted molar refractivity (Wildman–Crippen MR) is 50.1 cm³/mol. The highest BCUT2D eigenvalue weighted by atomic mass is 16.1. The quantitative estimate of drug-likeness (QED) is 0.647. The maximum Gasteiger partial charge on any atom is 0.129 e. The fourth-order valence-electron chi connectivity index (χ4n) is 1.05. The smallest absolute Gasteiger partial charge is 0.129 e. The van der Waals surface area contributed by atoms with Crippen molar-refractivity contribution in [3.05, 3.63) is 18.0 Å². The van der Waals surface area contributed by atoms with Gasteiger partial charge in [-0.3, -0.25) is 4.68 Å². The van der Waals surface area contributed by atoms with Crippen LogP contribution in [0.5, 0.6) is 0 Å². The minimum absolute atomic E-state index is 0.212. The second kappa shape index (κ2) is 4.46. The monoisotopic (exact) mass is 176 g/mol. The molecule has 0 aromatic carbocycles. The van der Waals surface area contributed by atoms with Gasteiger partial charge in [0.1, 0.15) is 5.78 Å². The van der Waals surface area contributed by atoms with Gasteiger partial charge in [0.05, 0.1) is 11.8 Å². The summed E-state index contributed by atoms with van der Waals surface area (Å²) in [5, 5.41) is 4.05. The van der Waals surface area contributed by atoms with E-state index in [2.05, 4.69) is 11.0 Å². The topological polar surface area (TPSA) is 34.9 Å². The van der Waals surface area contributed by atoms with Gasteiger partial charge in [0, 0.05) is 19.2 Å². The Labute approximate surface area is 77.8 Å². The molecule has 13 heavy (non-hydrogen) atoms. The van der Waals surface area contributed by atoms with Crippen LogP contribution in [-0.4, -0.2) is 15.6 Å². The molecule has 0 saturated carbocycles. The molecule has 0 spiro atoms. The molecule has 0 aliphatic carbocycles. The molecule has 0 saturated heterocycles. The molecule has 0 atom stereocenters. The van der Waals surface area contributed by atoms with E-state index in [1.807, 2.05) is 0 Å². The maximum absolute atomic E-state index is 10.6. The Balaban J connectivity index is 2.38. The first-order valence-corrected chi connectivity index (χ1v) is 4.21. The van der Waals surface area contributed by atoms with E-state index >= 15 is 0 Å². The van der Waals surface area contributed by atoms with E-state index in [1.54, 1.807) is 24.0 Å². The normalized spacial score (nSPS) is 9.54. The van der Waals surface area contributed by atoms with Crippen molar-refractivity contribution in [3.8, 4) is 12.3 Å². The van der Waals surface area contributed by atoms with Crippen LogP contribution >= 0.6 is 0 Å². The first kappa shape index (κ1) is 9.53. The third-order valence-electron chi connectivity index (χ3n) is 1.72. The van der Waals surface area contributed by atoms with Crippen LogP contribution in [0.1, 0.15) is 25.3 Å². The van der Waals surface area contributed by atoms with Gasteiger partial charge in [0.15, 0.2) is 0 Å². The molecule has 1 aromatic rings. The standard InChI is InChI=1S/C10H12N2O/c1-3-10-7-11-12(8-10)6-4-5-9(2)13/h1,7-8H,4-6H2,2H3. The number of ketones is 1. The fourth-order valence-corrected chi connectivity index (χ4v) is 1.05. The number of aryl methyl sites for hydroxylation is 1. The van der Waals surface area contributed by atoms with Crippen LogP contribution < -0.4 is 0 Å². The molecule has 3 nitrogen and oxygen atoms in total. The van der Waals surface area contributed by atoms with Gasteiger partial charge < -0.3 is 4.79 Å². The summed E-state index contributed by atoms with van der Waals surface area (Å²) in [4.78, 5) is 10.6. The number of carbonyl (C=O) groups excluding carboxylic acids is 1. The highest BCUT2D eigenvalue weighted by Crippen LogP contribution is 1.98. The number of carbonyl (C=O) groups is 1.